The van der Waals surface area contributed by atoms with Gasteiger partial charge in [-0.3, -0.25) is 4.79 Å². The number of hydrogen-bond donors (Lipinski definition) is 1. The third kappa shape index (κ3) is 4.93. The summed E-state index contributed by atoms with van der Waals surface area (Å²) in [4.78, 5) is 12.2. The maximum Gasteiger partial charge on any atom is 0.266 e. The number of rotatable bonds is 4. The molecule has 3 nitrogen and oxygen atoms in total. The lowest BCUT2D eigenvalue weighted by Crippen LogP contribution is -2.13. The van der Waals surface area contributed by atoms with Gasteiger partial charge in [-0.05, 0) is 70.0 Å². The molecule has 0 saturated heterocycles. The lowest BCUT2D eigenvalue weighted by molar-refractivity contribution is -0.112. The monoisotopic (exact) mass is 416 g/mol. The van der Waals surface area contributed by atoms with Crippen molar-refractivity contribution in [3.05, 3.63) is 68.8 Å². The maximum atomic E-state index is 12.2. The Kier molecular flexibility index (Phi) is 5.94. The Labute approximate surface area is 150 Å². The van der Waals surface area contributed by atoms with E-state index in [2.05, 4.69) is 41.8 Å². The maximum absolute atomic E-state index is 12.2. The summed E-state index contributed by atoms with van der Waals surface area (Å²) in [7, 11) is 0. The van der Waals surface area contributed by atoms with Crippen LogP contribution in [0, 0.1) is 14.9 Å². The van der Waals surface area contributed by atoms with Crippen molar-refractivity contribution in [1.29, 1.82) is 5.26 Å². The largest absolute Gasteiger partial charge is 0.321 e. The van der Waals surface area contributed by atoms with Crippen LogP contribution in [0.25, 0.3) is 6.08 Å². The van der Waals surface area contributed by atoms with Crippen LogP contribution in [0.15, 0.2) is 54.1 Å². The van der Waals surface area contributed by atoms with Crippen molar-refractivity contribution >= 4 is 40.3 Å². The van der Waals surface area contributed by atoms with Gasteiger partial charge < -0.3 is 5.32 Å². The topological polar surface area (TPSA) is 52.9 Å². The van der Waals surface area contributed by atoms with Gasteiger partial charge in [0.15, 0.2) is 0 Å². The second kappa shape index (κ2) is 7.93. The van der Waals surface area contributed by atoms with Crippen molar-refractivity contribution in [2.45, 2.75) is 19.8 Å². The molecule has 0 aliphatic carbocycles. The molecule has 0 saturated carbocycles. The molecule has 116 valence electrons. The number of carbonyl (C=O) groups is 1. The Morgan fingerprint density at radius 1 is 1.13 bits per heavy atom. The Bertz CT molecular complexity index is 753. The van der Waals surface area contributed by atoms with Gasteiger partial charge in [0.05, 0.1) is 0 Å². The fraction of sp³-hybridized carbons (Fsp3) is 0.158. The molecule has 2 rings (SSSR count). The standard InChI is InChI=1S/C19H17IN2O/c1-13(2)15-5-3-14(4-6-15)11-16(12-21)19(23)22-18-9-7-17(20)8-10-18/h3-11,13H,1-2H3,(H,22,23)/b16-11+. The molecule has 0 heterocycles. The number of carbonyl (C=O) groups excluding carboxylic acids is 1. The third-order valence-corrected chi connectivity index (χ3v) is 4.10. The number of amides is 1. The van der Waals surface area contributed by atoms with Crippen LogP contribution >= 0.6 is 22.6 Å². The Morgan fingerprint density at radius 3 is 2.26 bits per heavy atom. The SMILES string of the molecule is CC(C)c1ccc(/C=C(\C#N)C(=O)Nc2ccc(I)cc2)cc1. The highest BCUT2D eigenvalue weighted by Crippen LogP contribution is 2.17. The molecular formula is C19H17IN2O. The van der Waals surface area contributed by atoms with Crippen LogP contribution in [-0.4, -0.2) is 5.91 Å². The molecular weight excluding hydrogens is 399 g/mol. The van der Waals surface area contributed by atoms with E-state index in [1.807, 2.05) is 54.6 Å². The van der Waals surface area contributed by atoms with Gasteiger partial charge in [-0.25, -0.2) is 0 Å². The van der Waals surface area contributed by atoms with Crippen molar-refractivity contribution in [2.24, 2.45) is 0 Å². The molecule has 1 amide bonds. The van der Waals surface area contributed by atoms with E-state index >= 15 is 0 Å². The number of nitriles is 1. The van der Waals surface area contributed by atoms with Crippen LogP contribution in [0.1, 0.15) is 30.9 Å². The number of halogens is 1. The van der Waals surface area contributed by atoms with E-state index in [0.29, 0.717) is 11.6 Å². The number of anilines is 1. The summed E-state index contributed by atoms with van der Waals surface area (Å²) in [6.45, 7) is 4.25. The highest BCUT2D eigenvalue weighted by Gasteiger charge is 2.09. The first kappa shape index (κ1) is 17.2. The first-order chi connectivity index (χ1) is 11.0. The van der Waals surface area contributed by atoms with Gasteiger partial charge in [0.25, 0.3) is 5.91 Å². The summed E-state index contributed by atoms with van der Waals surface area (Å²) >= 11 is 2.20. The van der Waals surface area contributed by atoms with Gasteiger partial charge in [-0.1, -0.05) is 38.1 Å². The summed E-state index contributed by atoms with van der Waals surface area (Å²) in [5.41, 5.74) is 2.82. The van der Waals surface area contributed by atoms with E-state index in [0.717, 1.165) is 9.13 Å². The molecule has 0 aliphatic heterocycles. The predicted molar refractivity (Wildman–Crippen MR) is 102 cm³/mol. The lowest BCUT2D eigenvalue weighted by Gasteiger charge is -2.06. The fourth-order valence-electron chi connectivity index (χ4n) is 2.02. The number of hydrogen-bond acceptors (Lipinski definition) is 2. The zero-order valence-electron chi connectivity index (χ0n) is 13.0. The molecule has 0 spiro atoms. The smallest absolute Gasteiger partial charge is 0.266 e. The summed E-state index contributed by atoms with van der Waals surface area (Å²) < 4.78 is 1.09. The molecule has 1 N–H and O–H groups in total. The van der Waals surface area contributed by atoms with E-state index in [9.17, 15) is 10.1 Å². The van der Waals surface area contributed by atoms with Crippen molar-refractivity contribution in [3.8, 4) is 6.07 Å². The second-order valence-corrected chi connectivity index (χ2v) is 6.70. The minimum Gasteiger partial charge on any atom is -0.321 e. The summed E-state index contributed by atoms with van der Waals surface area (Å²) in [5.74, 6) is 0.0503. The van der Waals surface area contributed by atoms with Gasteiger partial charge in [0, 0.05) is 9.26 Å². The summed E-state index contributed by atoms with van der Waals surface area (Å²) in [5, 5.41) is 12.0. The minimum atomic E-state index is -0.401. The number of benzene rings is 2. The summed E-state index contributed by atoms with van der Waals surface area (Å²) in [6, 6.07) is 17.3. The third-order valence-electron chi connectivity index (χ3n) is 3.38. The van der Waals surface area contributed by atoms with Gasteiger partial charge >= 0.3 is 0 Å². The zero-order valence-corrected chi connectivity index (χ0v) is 15.2. The van der Waals surface area contributed by atoms with Crippen molar-refractivity contribution < 1.29 is 4.79 Å². The van der Waals surface area contributed by atoms with Crippen LogP contribution < -0.4 is 5.32 Å². The molecule has 0 radical (unpaired) electrons. The van der Waals surface area contributed by atoms with Crippen molar-refractivity contribution in [2.75, 3.05) is 5.32 Å². The zero-order chi connectivity index (χ0) is 16.8. The molecule has 0 atom stereocenters. The van der Waals surface area contributed by atoms with Gasteiger partial charge in [-0.2, -0.15) is 5.26 Å². The van der Waals surface area contributed by atoms with E-state index in [1.54, 1.807) is 6.08 Å². The van der Waals surface area contributed by atoms with Gasteiger partial charge in [0.2, 0.25) is 0 Å². The average molecular weight is 416 g/mol. The first-order valence-corrected chi connectivity index (χ1v) is 8.36. The molecule has 0 aliphatic rings. The van der Waals surface area contributed by atoms with Crippen LogP contribution in [0.4, 0.5) is 5.69 Å². The van der Waals surface area contributed by atoms with Crippen LogP contribution in [0.5, 0.6) is 0 Å². The predicted octanol–water partition coefficient (Wildman–Crippen LogP) is 4.96. The van der Waals surface area contributed by atoms with E-state index < -0.39 is 5.91 Å². The average Bonchev–Trinajstić information content (AvgIpc) is 2.55. The van der Waals surface area contributed by atoms with Crippen LogP contribution in [0.2, 0.25) is 0 Å². The molecule has 0 fully saturated rings. The Balaban J connectivity index is 2.16. The number of nitrogens with one attached hydrogen (secondary N) is 1. The molecule has 0 bridgehead atoms. The molecule has 0 aromatic heterocycles. The Morgan fingerprint density at radius 2 is 1.74 bits per heavy atom. The summed E-state index contributed by atoms with van der Waals surface area (Å²) in [6.07, 6.45) is 1.60. The van der Waals surface area contributed by atoms with Crippen molar-refractivity contribution in [3.63, 3.8) is 0 Å². The molecule has 2 aromatic rings. The van der Waals surface area contributed by atoms with Gasteiger partial charge in [-0.15, -0.1) is 0 Å². The van der Waals surface area contributed by atoms with Crippen LogP contribution in [0.3, 0.4) is 0 Å². The second-order valence-electron chi connectivity index (χ2n) is 5.45. The van der Waals surface area contributed by atoms with Crippen molar-refractivity contribution in [1.82, 2.24) is 0 Å². The highest BCUT2D eigenvalue weighted by molar-refractivity contribution is 14.1. The highest BCUT2D eigenvalue weighted by atomic mass is 127. The van der Waals surface area contributed by atoms with Crippen LogP contribution in [-0.2, 0) is 4.79 Å². The Hall–Kier alpha value is -2.13. The number of nitrogens with zero attached hydrogens (tertiary/aromatic N) is 1. The first-order valence-electron chi connectivity index (χ1n) is 7.28. The molecule has 0 unspecified atom stereocenters. The van der Waals surface area contributed by atoms with Gasteiger partial charge in [0.1, 0.15) is 11.6 Å². The fourth-order valence-corrected chi connectivity index (χ4v) is 2.38. The van der Waals surface area contributed by atoms with E-state index in [1.165, 1.54) is 5.56 Å². The van der Waals surface area contributed by atoms with E-state index in [4.69, 9.17) is 0 Å². The quantitative estimate of drug-likeness (QED) is 0.435. The lowest BCUT2D eigenvalue weighted by atomic mass is 10.0. The molecule has 2 aromatic carbocycles. The molecule has 4 heteroatoms. The van der Waals surface area contributed by atoms with E-state index in [-0.39, 0.29) is 5.57 Å². The molecule has 23 heavy (non-hydrogen) atoms. The normalized spacial score (nSPS) is 11.2. The minimum absolute atomic E-state index is 0.0841.